The van der Waals surface area contributed by atoms with Gasteiger partial charge in [-0.1, -0.05) is 47.5 Å². The quantitative estimate of drug-likeness (QED) is 0.397. The summed E-state index contributed by atoms with van der Waals surface area (Å²) in [5.41, 5.74) is 1.15. The molecule has 3 rings (SSSR count). The fourth-order valence-electron chi connectivity index (χ4n) is 3.17. The number of hydrogen-bond donors (Lipinski definition) is 0. The molecule has 0 aliphatic rings. The lowest BCUT2D eigenvalue weighted by molar-refractivity contribution is -0.128. The van der Waals surface area contributed by atoms with Gasteiger partial charge in [-0.15, -0.1) is 0 Å². The van der Waals surface area contributed by atoms with Gasteiger partial charge in [0.05, 0.1) is 17.2 Å². The van der Waals surface area contributed by atoms with Gasteiger partial charge in [0.2, 0.25) is 5.91 Å². The van der Waals surface area contributed by atoms with Crippen LogP contribution in [0.3, 0.4) is 0 Å². The molecule has 0 radical (unpaired) electrons. The Morgan fingerprint density at radius 1 is 0.909 bits per heavy atom. The van der Waals surface area contributed by atoms with E-state index in [0.29, 0.717) is 28.9 Å². The Bertz CT molecular complexity index is 1200. The summed E-state index contributed by atoms with van der Waals surface area (Å²) in [5, 5.41) is 1.01. The molecule has 9 heteroatoms. The maximum Gasteiger partial charge on any atom is 0.264 e. The van der Waals surface area contributed by atoms with E-state index in [1.54, 1.807) is 50.4 Å². The van der Waals surface area contributed by atoms with Gasteiger partial charge in [-0.25, -0.2) is 8.42 Å². The van der Waals surface area contributed by atoms with Gasteiger partial charge in [-0.3, -0.25) is 9.10 Å². The number of amides is 1. The second kappa shape index (κ2) is 10.9. The monoisotopic (exact) mass is 506 g/mol. The first-order valence-corrected chi connectivity index (χ1v) is 12.4. The second-order valence-electron chi connectivity index (χ2n) is 7.24. The van der Waals surface area contributed by atoms with Crippen LogP contribution in [0.5, 0.6) is 5.75 Å². The molecular weight excluding hydrogens is 483 g/mol. The summed E-state index contributed by atoms with van der Waals surface area (Å²) in [4.78, 5) is 14.6. The van der Waals surface area contributed by atoms with Gasteiger partial charge >= 0.3 is 0 Å². The number of nitrogens with zero attached hydrogens (tertiary/aromatic N) is 2. The minimum absolute atomic E-state index is 0.0198. The van der Waals surface area contributed by atoms with Gasteiger partial charge < -0.3 is 9.64 Å². The van der Waals surface area contributed by atoms with Crippen molar-refractivity contribution in [2.45, 2.75) is 18.4 Å². The van der Waals surface area contributed by atoms with Gasteiger partial charge in [-0.2, -0.15) is 0 Å². The molecule has 0 saturated carbocycles. The minimum Gasteiger partial charge on any atom is -0.492 e. The van der Waals surface area contributed by atoms with Crippen molar-refractivity contribution in [2.24, 2.45) is 0 Å². The summed E-state index contributed by atoms with van der Waals surface area (Å²) in [6, 6.07) is 19.7. The van der Waals surface area contributed by atoms with E-state index in [-0.39, 0.29) is 16.5 Å². The Morgan fingerprint density at radius 2 is 1.48 bits per heavy atom. The van der Waals surface area contributed by atoms with Crippen molar-refractivity contribution in [1.82, 2.24) is 4.90 Å². The van der Waals surface area contributed by atoms with E-state index in [4.69, 9.17) is 27.9 Å². The Balaban J connectivity index is 1.95. The van der Waals surface area contributed by atoms with Crippen LogP contribution in [0.1, 0.15) is 12.5 Å². The van der Waals surface area contributed by atoms with E-state index in [2.05, 4.69) is 0 Å². The molecule has 0 aromatic heterocycles. The van der Waals surface area contributed by atoms with E-state index < -0.39 is 16.6 Å². The van der Waals surface area contributed by atoms with Gasteiger partial charge in [0, 0.05) is 23.6 Å². The zero-order valence-electron chi connectivity index (χ0n) is 18.2. The first-order valence-electron chi connectivity index (χ1n) is 10.2. The summed E-state index contributed by atoms with van der Waals surface area (Å²) < 4.78 is 33.9. The van der Waals surface area contributed by atoms with Crippen molar-refractivity contribution < 1.29 is 17.9 Å². The first kappa shape index (κ1) is 24.9. The number of sulfonamides is 1. The number of benzene rings is 3. The smallest absolute Gasteiger partial charge is 0.264 e. The second-order valence-corrected chi connectivity index (χ2v) is 9.98. The number of anilines is 1. The molecule has 6 nitrogen and oxygen atoms in total. The predicted octanol–water partition coefficient (Wildman–Crippen LogP) is 5.25. The molecule has 0 fully saturated rings. The third kappa shape index (κ3) is 6.19. The molecule has 0 spiro atoms. The van der Waals surface area contributed by atoms with Crippen LogP contribution in [-0.4, -0.2) is 39.4 Å². The first-order chi connectivity index (χ1) is 15.7. The Morgan fingerprint density at radius 3 is 2.09 bits per heavy atom. The van der Waals surface area contributed by atoms with Crippen molar-refractivity contribution in [3.05, 3.63) is 88.4 Å². The maximum atomic E-state index is 13.6. The van der Waals surface area contributed by atoms with Gasteiger partial charge in [0.15, 0.2) is 0 Å². The van der Waals surface area contributed by atoms with E-state index in [1.807, 2.05) is 12.1 Å². The third-order valence-electron chi connectivity index (χ3n) is 4.87. The van der Waals surface area contributed by atoms with Crippen molar-refractivity contribution in [1.29, 1.82) is 0 Å². The molecule has 0 N–H and O–H groups in total. The number of rotatable bonds is 9. The number of hydrogen-bond acceptors (Lipinski definition) is 4. The maximum absolute atomic E-state index is 13.6. The zero-order valence-corrected chi connectivity index (χ0v) is 20.6. The normalized spacial score (nSPS) is 11.2. The molecule has 33 heavy (non-hydrogen) atoms. The number of ether oxygens (including phenoxy) is 1. The summed E-state index contributed by atoms with van der Waals surface area (Å²) in [7, 11) is -2.47. The third-order valence-corrected chi connectivity index (χ3v) is 7.15. The standard InChI is InChI=1S/C24H24Cl2N2O4S/c1-3-32-23-7-5-4-6-22(23)28(33(30,31)21-14-12-20(26)13-15-21)17-24(29)27(2)16-18-8-10-19(25)11-9-18/h4-15H,3,16-17H2,1-2H3. The van der Waals surface area contributed by atoms with Crippen LogP contribution >= 0.6 is 23.2 Å². The van der Waals surface area contributed by atoms with Crippen LogP contribution in [0.4, 0.5) is 5.69 Å². The van der Waals surface area contributed by atoms with Crippen LogP contribution in [0, 0.1) is 0 Å². The lowest BCUT2D eigenvalue weighted by Crippen LogP contribution is -2.41. The average molecular weight is 507 g/mol. The number of para-hydroxylation sites is 2. The number of halogens is 2. The SMILES string of the molecule is CCOc1ccccc1N(CC(=O)N(C)Cc1ccc(Cl)cc1)S(=O)(=O)c1ccc(Cl)cc1. The van der Waals surface area contributed by atoms with Crippen molar-refractivity contribution in [3.8, 4) is 5.75 Å². The summed E-state index contributed by atoms with van der Waals surface area (Å²) in [5.74, 6) is -0.0144. The van der Waals surface area contributed by atoms with Gasteiger partial charge in [0.25, 0.3) is 10.0 Å². The summed E-state index contributed by atoms with van der Waals surface area (Å²) in [6.07, 6.45) is 0. The van der Waals surface area contributed by atoms with Crippen molar-refractivity contribution in [2.75, 3.05) is 24.5 Å². The number of carbonyl (C=O) groups is 1. The highest BCUT2D eigenvalue weighted by atomic mass is 35.5. The van der Waals surface area contributed by atoms with Crippen LogP contribution < -0.4 is 9.04 Å². The molecule has 1 amide bonds. The fraction of sp³-hybridized carbons (Fsp3) is 0.208. The Hall–Kier alpha value is -2.74. The minimum atomic E-state index is -4.09. The van der Waals surface area contributed by atoms with Crippen molar-refractivity contribution >= 4 is 44.8 Å². The van der Waals surface area contributed by atoms with E-state index in [9.17, 15) is 13.2 Å². The molecule has 0 aliphatic carbocycles. The van der Waals surface area contributed by atoms with Crippen LogP contribution in [0.2, 0.25) is 10.0 Å². The molecule has 0 heterocycles. The largest absolute Gasteiger partial charge is 0.492 e. The van der Waals surface area contributed by atoms with Crippen LogP contribution in [-0.2, 0) is 21.4 Å². The summed E-state index contributed by atoms with van der Waals surface area (Å²) in [6.45, 7) is 2.05. The molecule has 174 valence electrons. The zero-order chi connectivity index (χ0) is 24.0. The molecule has 0 bridgehead atoms. The number of carbonyl (C=O) groups excluding carboxylic acids is 1. The van der Waals surface area contributed by atoms with Gasteiger partial charge in [-0.05, 0) is 61.0 Å². The molecular formula is C24H24Cl2N2O4S. The topological polar surface area (TPSA) is 66.9 Å². The fourth-order valence-corrected chi connectivity index (χ4v) is 4.85. The highest BCUT2D eigenvalue weighted by Crippen LogP contribution is 2.33. The highest BCUT2D eigenvalue weighted by molar-refractivity contribution is 7.92. The highest BCUT2D eigenvalue weighted by Gasteiger charge is 2.30. The molecule has 3 aromatic carbocycles. The molecule has 0 atom stereocenters. The lowest BCUT2D eigenvalue weighted by atomic mass is 10.2. The molecule has 0 unspecified atom stereocenters. The Labute approximate surface area is 204 Å². The van der Waals surface area contributed by atoms with Crippen LogP contribution in [0.25, 0.3) is 0 Å². The molecule has 0 saturated heterocycles. The molecule has 3 aromatic rings. The Kier molecular flexibility index (Phi) is 8.24. The number of likely N-dealkylation sites (N-methyl/N-ethyl adjacent to an activating group) is 1. The predicted molar refractivity (Wildman–Crippen MR) is 132 cm³/mol. The van der Waals surface area contributed by atoms with E-state index in [1.165, 1.54) is 29.2 Å². The van der Waals surface area contributed by atoms with Crippen molar-refractivity contribution in [3.63, 3.8) is 0 Å². The summed E-state index contributed by atoms with van der Waals surface area (Å²) >= 11 is 11.9. The van der Waals surface area contributed by atoms with E-state index in [0.717, 1.165) is 9.87 Å². The molecule has 0 aliphatic heterocycles. The van der Waals surface area contributed by atoms with E-state index >= 15 is 0 Å². The average Bonchev–Trinajstić information content (AvgIpc) is 2.80. The van der Waals surface area contributed by atoms with Gasteiger partial charge in [0.1, 0.15) is 12.3 Å². The lowest BCUT2D eigenvalue weighted by Gasteiger charge is -2.28. The van der Waals surface area contributed by atoms with Crippen LogP contribution in [0.15, 0.2) is 77.7 Å².